The zero-order valence-electron chi connectivity index (χ0n) is 6.74. The lowest BCUT2D eigenvalue weighted by Crippen LogP contribution is -2.24. The van der Waals surface area contributed by atoms with E-state index in [0.29, 0.717) is 5.56 Å². The Morgan fingerprint density at radius 1 is 1.67 bits per heavy atom. The average molecular weight is 168 g/mol. The lowest BCUT2D eigenvalue weighted by atomic mass is 10.3. The molecule has 12 heavy (non-hydrogen) atoms. The van der Waals surface area contributed by atoms with Crippen LogP contribution < -0.4 is 5.56 Å². The number of aromatic carboxylic acids is 1. The van der Waals surface area contributed by atoms with Crippen molar-refractivity contribution in [1.82, 2.24) is 9.78 Å². The van der Waals surface area contributed by atoms with Crippen molar-refractivity contribution in [2.45, 2.75) is 6.92 Å². The minimum Gasteiger partial charge on any atom is -0.476 e. The summed E-state index contributed by atoms with van der Waals surface area (Å²) in [4.78, 5) is 21.5. The van der Waals surface area contributed by atoms with Crippen LogP contribution in [0.5, 0.6) is 0 Å². The number of carboxylic acids is 1. The smallest absolute Gasteiger partial charge is 0.356 e. The van der Waals surface area contributed by atoms with Gasteiger partial charge < -0.3 is 5.11 Å². The van der Waals surface area contributed by atoms with E-state index in [2.05, 4.69) is 5.10 Å². The van der Waals surface area contributed by atoms with E-state index < -0.39 is 5.97 Å². The lowest BCUT2D eigenvalue weighted by Gasteiger charge is -1.99. The molecule has 0 unspecified atom stereocenters. The fourth-order valence-corrected chi connectivity index (χ4v) is 0.862. The highest BCUT2D eigenvalue weighted by atomic mass is 16.4. The minimum absolute atomic E-state index is 0.116. The van der Waals surface area contributed by atoms with Crippen LogP contribution >= 0.6 is 0 Å². The standard InChI is InChI=1S/C7H8N2O3/c1-4-3-5(7(11)12)8-9(2)6(4)10/h3H,1-2H3,(H,11,12). The highest BCUT2D eigenvalue weighted by molar-refractivity contribution is 5.85. The van der Waals surface area contributed by atoms with Gasteiger partial charge in [-0.2, -0.15) is 5.10 Å². The molecule has 0 aliphatic carbocycles. The molecule has 0 aromatic carbocycles. The van der Waals surface area contributed by atoms with Crippen molar-refractivity contribution in [3.05, 3.63) is 27.7 Å². The van der Waals surface area contributed by atoms with Crippen LogP contribution in [-0.2, 0) is 7.05 Å². The third-order valence-electron chi connectivity index (χ3n) is 1.46. The molecule has 5 nitrogen and oxygen atoms in total. The molecule has 1 aromatic rings. The van der Waals surface area contributed by atoms with Gasteiger partial charge in [0, 0.05) is 12.6 Å². The van der Waals surface area contributed by atoms with E-state index in [1.165, 1.54) is 13.1 Å². The normalized spacial score (nSPS) is 9.83. The largest absolute Gasteiger partial charge is 0.476 e. The van der Waals surface area contributed by atoms with E-state index >= 15 is 0 Å². The van der Waals surface area contributed by atoms with Gasteiger partial charge in [0.25, 0.3) is 5.56 Å². The van der Waals surface area contributed by atoms with Crippen LogP contribution in [0.15, 0.2) is 10.9 Å². The molecule has 1 aromatic heterocycles. The number of carbonyl (C=O) groups is 1. The number of hydrogen-bond donors (Lipinski definition) is 1. The minimum atomic E-state index is -1.13. The summed E-state index contributed by atoms with van der Waals surface area (Å²) in [6.45, 7) is 1.55. The molecule has 0 amide bonds. The number of aromatic nitrogens is 2. The van der Waals surface area contributed by atoms with Crippen molar-refractivity contribution in [2.24, 2.45) is 7.05 Å². The van der Waals surface area contributed by atoms with Crippen molar-refractivity contribution < 1.29 is 9.90 Å². The number of nitrogens with zero attached hydrogens (tertiary/aromatic N) is 2. The van der Waals surface area contributed by atoms with Crippen LogP contribution in [0.3, 0.4) is 0 Å². The highest BCUT2D eigenvalue weighted by Crippen LogP contribution is 1.93. The summed E-state index contributed by atoms with van der Waals surface area (Å²) in [7, 11) is 1.42. The van der Waals surface area contributed by atoms with Gasteiger partial charge in [0.05, 0.1) is 0 Å². The Kier molecular flexibility index (Phi) is 1.95. The SMILES string of the molecule is Cc1cc(C(=O)O)nn(C)c1=O. The van der Waals surface area contributed by atoms with Crippen molar-refractivity contribution in [3.63, 3.8) is 0 Å². The predicted octanol–water partition coefficient (Wildman–Crippen LogP) is -0.213. The first-order valence-electron chi connectivity index (χ1n) is 3.30. The predicted molar refractivity (Wildman–Crippen MR) is 41.2 cm³/mol. The molecule has 0 atom stereocenters. The van der Waals surface area contributed by atoms with Gasteiger partial charge in [-0.05, 0) is 13.0 Å². The zero-order chi connectivity index (χ0) is 9.30. The molecule has 0 saturated heterocycles. The van der Waals surface area contributed by atoms with Crippen LogP contribution in [0.2, 0.25) is 0 Å². The fourth-order valence-electron chi connectivity index (χ4n) is 0.862. The summed E-state index contributed by atoms with van der Waals surface area (Å²) in [6.07, 6.45) is 0. The van der Waals surface area contributed by atoms with Crippen LogP contribution in [0.25, 0.3) is 0 Å². The van der Waals surface area contributed by atoms with E-state index in [-0.39, 0.29) is 11.3 Å². The summed E-state index contributed by atoms with van der Waals surface area (Å²) >= 11 is 0. The second-order valence-electron chi connectivity index (χ2n) is 2.45. The first-order valence-corrected chi connectivity index (χ1v) is 3.30. The van der Waals surface area contributed by atoms with E-state index in [0.717, 1.165) is 4.68 Å². The maximum absolute atomic E-state index is 11.1. The third-order valence-corrected chi connectivity index (χ3v) is 1.46. The Labute approximate surface area is 68.3 Å². The highest BCUT2D eigenvalue weighted by Gasteiger charge is 2.07. The van der Waals surface area contributed by atoms with Gasteiger partial charge in [-0.1, -0.05) is 0 Å². The molecule has 1 rings (SSSR count). The van der Waals surface area contributed by atoms with Gasteiger partial charge in [-0.15, -0.1) is 0 Å². The maximum Gasteiger partial charge on any atom is 0.356 e. The lowest BCUT2D eigenvalue weighted by molar-refractivity contribution is 0.0687. The molecule has 0 radical (unpaired) electrons. The molecule has 1 heterocycles. The molecular weight excluding hydrogens is 160 g/mol. The number of carboxylic acid groups (broad SMARTS) is 1. The van der Waals surface area contributed by atoms with Crippen LogP contribution in [0, 0.1) is 6.92 Å². The van der Waals surface area contributed by atoms with Crippen molar-refractivity contribution in [2.75, 3.05) is 0 Å². The van der Waals surface area contributed by atoms with Gasteiger partial charge in [0.15, 0.2) is 5.69 Å². The van der Waals surface area contributed by atoms with Crippen LogP contribution in [0.4, 0.5) is 0 Å². The van der Waals surface area contributed by atoms with Gasteiger partial charge in [0.1, 0.15) is 0 Å². The first kappa shape index (κ1) is 8.45. The van der Waals surface area contributed by atoms with Gasteiger partial charge in [0.2, 0.25) is 0 Å². The Morgan fingerprint density at radius 2 is 2.25 bits per heavy atom. The van der Waals surface area contributed by atoms with Crippen LogP contribution in [-0.4, -0.2) is 20.9 Å². The zero-order valence-corrected chi connectivity index (χ0v) is 6.74. The second-order valence-corrected chi connectivity index (χ2v) is 2.45. The molecule has 64 valence electrons. The first-order chi connectivity index (χ1) is 5.52. The third kappa shape index (κ3) is 1.34. The van der Waals surface area contributed by atoms with Gasteiger partial charge in [-0.3, -0.25) is 4.79 Å². The molecular formula is C7H8N2O3. The number of rotatable bonds is 1. The monoisotopic (exact) mass is 168 g/mol. The van der Waals surface area contributed by atoms with Crippen molar-refractivity contribution >= 4 is 5.97 Å². The fraction of sp³-hybridized carbons (Fsp3) is 0.286. The average Bonchev–Trinajstić information content (AvgIpc) is 1.99. The molecule has 0 spiro atoms. The number of aryl methyl sites for hydroxylation is 2. The molecule has 1 N–H and O–H groups in total. The topological polar surface area (TPSA) is 72.2 Å². The number of hydrogen-bond acceptors (Lipinski definition) is 3. The quantitative estimate of drug-likeness (QED) is 0.629. The summed E-state index contributed by atoms with van der Waals surface area (Å²) < 4.78 is 1.01. The second kappa shape index (κ2) is 2.77. The van der Waals surface area contributed by atoms with E-state index in [9.17, 15) is 9.59 Å². The molecule has 0 bridgehead atoms. The summed E-state index contributed by atoms with van der Waals surface area (Å²) in [6, 6.07) is 1.25. The molecule has 5 heteroatoms. The summed E-state index contributed by atoms with van der Waals surface area (Å²) in [5.74, 6) is -1.13. The molecule has 0 fully saturated rings. The molecule has 0 aliphatic heterocycles. The Morgan fingerprint density at radius 3 is 2.67 bits per heavy atom. The van der Waals surface area contributed by atoms with E-state index in [4.69, 9.17) is 5.11 Å². The Hall–Kier alpha value is -1.65. The summed E-state index contributed by atoms with van der Waals surface area (Å²) in [5, 5.41) is 12.1. The Balaban J connectivity index is 3.41. The van der Waals surface area contributed by atoms with Crippen molar-refractivity contribution in [3.8, 4) is 0 Å². The van der Waals surface area contributed by atoms with Crippen LogP contribution in [0.1, 0.15) is 16.1 Å². The van der Waals surface area contributed by atoms with Gasteiger partial charge >= 0.3 is 5.97 Å². The van der Waals surface area contributed by atoms with Gasteiger partial charge in [-0.25, -0.2) is 9.48 Å². The van der Waals surface area contributed by atoms with E-state index in [1.54, 1.807) is 6.92 Å². The Bertz CT molecular complexity index is 354. The van der Waals surface area contributed by atoms with E-state index in [1.807, 2.05) is 0 Å². The molecule has 0 aliphatic rings. The van der Waals surface area contributed by atoms with Crippen molar-refractivity contribution in [1.29, 1.82) is 0 Å². The summed E-state index contributed by atoms with van der Waals surface area (Å²) in [5.41, 5.74) is -0.0144. The molecule has 0 saturated carbocycles. The maximum atomic E-state index is 11.1.